The highest BCUT2D eigenvalue weighted by Crippen LogP contribution is 1.91. The molecule has 0 aliphatic heterocycles. The molecule has 6 heteroatoms. The Morgan fingerprint density at radius 2 is 2.18 bits per heavy atom. The van der Waals surface area contributed by atoms with Crippen LogP contribution in [0.3, 0.4) is 0 Å². The SMILES string of the molecule is C=CCOC(C)CNC(=O)C(N)C(=O)OCC. The van der Waals surface area contributed by atoms with Gasteiger partial charge in [0.2, 0.25) is 5.91 Å². The van der Waals surface area contributed by atoms with Crippen molar-refractivity contribution in [2.45, 2.75) is 26.0 Å². The zero-order valence-electron chi connectivity index (χ0n) is 10.3. The number of amides is 1. The second-order valence-electron chi connectivity index (χ2n) is 3.41. The number of carbonyl (C=O) groups is 2. The van der Waals surface area contributed by atoms with Gasteiger partial charge >= 0.3 is 5.97 Å². The molecule has 0 spiro atoms. The quantitative estimate of drug-likeness (QED) is 0.344. The largest absolute Gasteiger partial charge is 0.464 e. The summed E-state index contributed by atoms with van der Waals surface area (Å²) in [6.45, 7) is 7.82. The highest BCUT2D eigenvalue weighted by Gasteiger charge is 2.23. The molecule has 0 radical (unpaired) electrons. The zero-order chi connectivity index (χ0) is 13.3. The number of carbonyl (C=O) groups excluding carboxylic acids is 2. The third kappa shape index (κ3) is 6.70. The second kappa shape index (κ2) is 8.72. The zero-order valence-corrected chi connectivity index (χ0v) is 10.3. The summed E-state index contributed by atoms with van der Waals surface area (Å²) < 4.78 is 9.87. The third-order valence-electron chi connectivity index (χ3n) is 1.89. The number of hydrogen-bond acceptors (Lipinski definition) is 5. The Balaban J connectivity index is 3.92. The van der Waals surface area contributed by atoms with E-state index in [9.17, 15) is 9.59 Å². The molecule has 0 rings (SSSR count). The summed E-state index contributed by atoms with van der Waals surface area (Å²) >= 11 is 0. The van der Waals surface area contributed by atoms with Gasteiger partial charge in [-0.1, -0.05) is 6.08 Å². The first kappa shape index (κ1) is 15.6. The molecule has 17 heavy (non-hydrogen) atoms. The lowest BCUT2D eigenvalue weighted by Crippen LogP contribution is -2.48. The number of hydrogen-bond donors (Lipinski definition) is 2. The fraction of sp³-hybridized carbons (Fsp3) is 0.636. The molecule has 0 aliphatic carbocycles. The molecule has 2 atom stereocenters. The van der Waals surface area contributed by atoms with Crippen LogP contribution in [0.5, 0.6) is 0 Å². The van der Waals surface area contributed by atoms with Crippen LogP contribution in [0, 0.1) is 0 Å². The number of nitrogens with one attached hydrogen (secondary N) is 1. The van der Waals surface area contributed by atoms with Crippen LogP contribution in [-0.4, -0.2) is 43.8 Å². The standard InChI is InChI=1S/C11H20N2O4/c1-4-6-17-8(3)7-13-10(14)9(12)11(15)16-5-2/h4,8-9H,1,5-7,12H2,2-3H3,(H,13,14). The van der Waals surface area contributed by atoms with Crippen molar-refractivity contribution in [1.82, 2.24) is 5.32 Å². The van der Waals surface area contributed by atoms with Crippen molar-refractivity contribution < 1.29 is 19.1 Å². The van der Waals surface area contributed by atoms with E-state index in [4.69, 9.17) is 10.5 Å². The molecule has 0 aromatic carbocycles. The molecular weight excluding hydrogens is 224 g/mol. The molecule has 0 saturated carbocycles. The molecule has 0 bridgehead atoms. The minimum absolute atomic E-state index is 0.175. The van der Waals surface area contributed by atoms with E-state index in [0.717, 1.165) is 0 Å². The number of nitrogens with two attached hydrogens (primary N) is 1. The van der Waals surface area contributed by atoms with E-state index in [1.165, 1.54) is 0 Å². The van der Waals surface area contributed by atoms with E-state index < -0.39 is 17.9 Å². The first-order chi connectivity index (χ1) is 8.02. The van der Waals surface area contributed by atoms with Crippen LogP contribution in [0.25, 0.3) is 0 Å². The molecule has 98 valence electrons. The Hall–Kier alpha value is -1.40. The molecule has 0 saturated heterocycles. The monoisotopic (exact) mass is 244 g/mol. The van der Waals surface area contributed by atoms with Crippen molar-refractivity contribution in [3.05, 3.63) is 12.7 Å². The highest BCUT2D eigenvalue weighted by molar-refractivity contribution is 6.01. The first-order valence-corrected chi connectivity index (χ1v) is 5.45. The Morgan fingerprint density at radius 3 is 2.71 bits per heavy atom. The molecule has 0 heterocycles. The molecule has 6 nitrogen and oxygen atoms in total. The van der Waals surface area contributed by atoms with E-state index in [0.29, 0.717) is 6.61 Å². The van der Waals surface area contributed by atoms with Gasteiger partial charge in [0.25, 0.3) is 0 Å². The number of esters is 1. The topological polar surface area (TPSA) is 90.6 Å². The highest BCUT2D eigenvalue weighted by atomic mass is 16.5. The van der Waals surface area contributed by atoms with Gasteiger partial charge in [-0.3, -0.25) is 4.79 Å². The van der Waals surface area contributed by atoms with Gasteiger partial charge in [0.05, 0.1) is 19.3 Å². The van der Waals surface area contributed by atoms with Crippen molar-refractivity contribution in [3.8, 4) is 0 Å². The number of ether oxygens (including phenoxy) is 2. The van der Waals surface area contributed by atoms with Gasteiger partial charge in [0.15, 0.2) is 6.04 Å². The molecular formula is C11H20N2O4. The third-order valence-corrected chi connectivity index (χ3v) is 1.89. The van der Waals surface area contributed by atoms with Crippen LogP contribution < -0.4 is 11.1 Å². The average molecular weight is 244 g/mol. The lowest BCUT2D eigenvalue weighted by Gasteiger charge is -2.15. The van der Waals surface area contributed by atoms with Gasteiger partial charge in [-0.05, 0) is 13.8 Å². The van der Waals surface area contributed by atoms with Crippen molar-refractivity contribution in [2.75, 3.05) is 19.8 Å². The fourth-order valence-corrected chi connectivity index (χ4v) is 0.985. The summed E-state index contributed by atoms with van der Waals surface area (Å²) in [4.78, 5) is 22.6. The van der Waals surface area contributed by atoms with Crippen LogP contribution in [0.4, 0.5) is 0 Å². The molecule has 2 unspecified atom stereocenters. The summed E-state index contributed by atoms with van der Waals surface area (Å²) in [5.41, 5.74) is 5.39. The molecule has 0 aromatic rings. The summed E-state index contributed by atoms with van der Waals surface area (Å²) in [6.07, 6.45) is 1.44. The van der Waals surface area contributed by atoms with Crippen LogP contribution in [-0.2, 0) is 19.1 Å². The van der Waals surface area contributed by atoms with Gasteiger partial charge in [0.1, 0.15) is 0 Å². The Morgan fingerprint density at radius 1 is 1.53 bits per heavy atom. The van der Waals surface area contributed by atoms with Gasteiger partial charge in [0, 0.05) is 6.54 Å². The average Bonchev–Trinajstić information content (AvgIpc) is 2.32. The minimum atomic E-state index is -1.29. The summed E-state index contributed by atoms with van der Waals surface area (Å²) in [5, 5.41) is 2.51. The summed E-state index contributed by atoms with van der Waals surface area (Å²) in [6, 6.07) is -1.29. The van der Waals surface area contributed by atoms with Gasteiger partial charge in [-0.25, -0.2) is 4.79 Å². The lowest BCUT2D eigenvalue weighted by molar-refractivity contribution is -0.148. The maximum atomic E-state index is 11.4. The van der Waals surface area contributed by atoms with Crippen molar-refractivity contribution in [3.63, 3.8) is 0 Å². The van der Waals surface area contributed by atoms with Crippen LogP contribution >= 0.6 is 0 Å². The smallest absolute Gasteiger partial charge is 0.332 e. The fourth-order valence-electron chi connectivity index (χ4n) is 0.985. The Bertz CT molecular complexity index is 268. The van der Waals surface area contributed by atoms with Crippen molar-refractivity contribution >= 4 is 11.9 Å². The van der Waals surface area contributed by atoms with Crippen LogP contribution in [0.15, 0.2) is 12.7 Å². The van der Waals surface area contributed by atoms with Crippen LogP contribution in [0.1, 0.15) is 13.8 Å². The lowest BCUT2D eigenvalue weighted by atomic mass is 10.3. The normalized spacial score (nSPS) is 13.6. The molecule has 0 fully saturated rings. The van der Waals surface area contributed by atoms with Crippen molar-refractivity contribution in [2.24, 2.45) is 5.73 Å². The van der Waals surface area contributed by atoms with E-state index in [2.05, 4.69) is 16.6 Å². The Kier molecular flexibility index (Phi) is 8.00. The van der Waals surface area contributed by atoms with Gasteiger partial charge < -0.3 is 20.5 Å². The van der Waals surface area contributed by atoms with E-state index in [1.807, 2.05) is 0 Å². The maximum absolute atomic E-state index is 11.4. The molecule has 0 aliphatic rings. The molecule has 0 aromatic heterocycles. The van der Waals surface area contributed by atoms with E-state index in [1.54, 1.807) is 19.9 Å². The molecule has 1 amide bonds. The Labute approximate surface area is 101 Å². The predicted octanol–water partition coefficient (Wildman–Crippen LogP) is -0.416. The number of rotatable bonds is 8. The van der Waals surface area contributed by atoms with Crippen molar-refractivity contribution in [1.29, 1.82) is 0 Å². The summed E-state index contributed by atoms with van der Waals surface area (Å²) in [7, 11) is 0. The minimum Gasteiger partial charge on any atom is -0.464 e. The summed E-state index contributed by atoms with van der Waals surface area (Å²) in [5.74, 6) is -1.30. The molecule has 3 N–H and O–H groups in total. The van der Waals surface area contributed by atoms with Gasteiger partial charge in [-0.2, -0.15) is 0 Å². The first-order valence-electron chi connectivity index (χ1n) is 5.45. The van der Waals surface area contributed by atoms with Crippen LogP contribution in [0.2, 0.25) is 0 Å². The van der Waals surface area contributed by atoms with E-state index >= 15 is 0 Å². The predicted molar refractivity (Wildman–Crippen MR) is 63.2 cm³/mol. The maximum Gasteiger partial charge on any atom is 0.332 e. The van der Waals surface area contributed by atoms with E-state index in [-0.39, 0.29) is 19.3 Å². The second-order valence-corrected chi connectivity index (χ2v) is 3.41. The van der Waals surface area contributed by atoms with Gasteiger partial charge in [-0.15, -0.1) is 6.58 Å².